The Kier molecular flexibility index (Phi) is 9.16. The Hall–Kier alpha value is -2.28. The maximum atomic E-state index is 12.7. The summed E-state index contributed by atoms with van der Waals surface area (Å²) >= 11 is 18.0. The smallest absolute Gasteiger partial charge is 0.262 e. The monoisotopic (exact) mass is 483 g/mol. The van der Waals surface area contributed by atoms with Crippen molar-refractivity contribution in [2.24, 2.45) is 11.0 Å². The van der Waals surface area contributed by atoms with Crippen LogP contribution in [0.15, 0.2) is 41.5 Å². The van der Waals surface area contributed by atoms with E-state index >= 15 is 0 Å². The molecule has 0 saturated heterocycles. The molecule has 0 fully saturated rings. The Balaban J connectivity index is 2.11. The summed E-state index contributed by atoms with van der Waals surface area (Å²) in [5.74, 6) is -0.570. The van der Waals surface area contributed by atoms with Crippen molar-refractivity contribution < 1.29 is 14.3 Å². The van der Waals surface area contributed by atoms with Crippen LogP contribution in [0.3, 0.4) is 0 Å². The highest BCUT2D eigenvalue weighted by molar-refractivity contribution is 6.36. The first-order valence-electron chi connectivity index (χ1n) is 9.63. The third-order valence-electron chi connectivity index (χ3n) is 4.12. The van der Waals surface area contributed by atoms with Gasteiger partial charge < -0.3 is 10.1 Å². The number of hydrogen-bond donors (Lipinski definition) is 2. The van der Waals surface area contributed by atoms with Crippen molar-refractivity contribution in [2.75, 3.05) is 0 Å². The van der Waals surface area contributed by atoms with Crippen LogP contribution >= 0.6 is 34.8 Å². The molecule has 0 spiro atoms. The summed E-state index contributed by atoms with van der Waals surface area (Å²) in [7, 11) is 0. The van der Waals surface area contributed by atoms with Gasteiger partial charge in [-0.3, -0.25) is 9.59 Å². The van der Waals surface area contributed by atoms with Gasteiger partial charge in [-0.15, -0.1) is 0 Å². The highest BCUT2D eigenvalue weighted by Gasteiger charge is 2.25. The highest BCUT2D eigenvalue weighted by atomic mass is 35.5. The molecule has 31 heavy (non-hydrogen) atoms. The number of hydrazone groups is 1. The summed E-state index contributed by atoms with van der Waals surface area (Å²) in [6, 6.07) is 8.82. The topological polar surface area (TPSA) is 79.8 Å². The predicted octanol–water partition coefficient (Wildman–Crippen LogP) is 5.34. The number of carbonyl (C=O) groups excluding carboxylic acids is 2. The molecule has 1 atom stereocenters. The first-order valence-corrected chi connectivity index (χ1v) is 10.8. The number of nitrogens with one attached hydrogen (secondary N) is 2. The van der Waals surface area contributed by atoms with E-state index in [-0.39, 0.29) is 22.6 Å². The van der Waals surface area contributed by atoms with Gasteiger partial charge in [0.25, 0.3) is 11.8 Å². The summed E-state index contributed by atoms with van der Waals surface area (Å²) in [4.78, 5) is 25.2. The zero-order chi connectivity index (χ0) is 23.1. The Morgan fingerprint density at radius 2 is 1.65 bits per heavy atom. The lowest BCUT2D eigenvalue weighted by molar-refractivity contribution is -0.123. The minimum atomic E-state index is -0.831. The number of benzene rings is 2. The van der Waals surface area contributed by atoms with Crippen LogP contribution in [0.25, 0.3) is 0 Å². The Morgan fingerprint density at radius 3 is 2.26 bits per heavy atom. The average Bonchev–Trinajstić information content (AvgIpc) is 2.67. The quantitative estimate of drug-likeness (QED) is 0.392. The van der Waals surface area contributed by atoms with Crippen LogP contribution in [0.5, 0.6) is 5.75 Å². The number of amides is 2. The molecule has 2 rings (SSSR count). The van der Waals surface area contributed by atoms with Gasteiger partial charge in [0.2, 0.25) is 0 Å². The van der Waals surface area contributed by atoms with E-state index in [2.05, 4.69) is 15.8 Å². The average molecular weight is 485 g/mol. The van der Waals surface area contributed by atoms with E-state index < -0.39 is 17.9 Å². The molecule has 6 nitrogen and oxygen atoms in total. The van der Waals surface area contributed by atoms with Crippen molar-refractivity contribution in [1.29, 1.82) is 0 Å². The van der Waals surface area contributed by atoms with Crippen molar-refractivity contribution in [3.63, 3.8) is 0 Å². The molecular weight excluding hydrogens is 461 g/mol. The van der Waals surface area contributed by atoms with Crippen molar-refractivity contribution in [3.8, 4) is 5.75 Å². The number of halogens is 3. The van der Waals surface area contributed by atoms with E-state index in [9.17, 15) is 9.59 Å². The van der Waals surface area contributed by atoms with E-state index in [0.717, 1.165) is 0 Å². The minimum Gasteiger partial charge on any atom is -0.490 e. The Labute approximate surface area is 196 Å². The summed E-state index contributed by atoms with van der Waals surface area (Å²) in [5, 5.41) is 7.82. The molecule has 0 saturated carbocycles. The zero-order valence-corrected chi connectivity index (χ0v) is 19.8. The summed E-state index contributed by atoms with van der Waals surface area (Å²) in [6.45, 7) is 7.42. The molecule has 0 heterocycles. The van der Waals surface area contributed by atoms with Crippen molar-refractivity contribution in [2.45, 2.75) is 39.8 Å². The van der Waals surface area contributed by atoms with Gasteiger partial charge in [-0.1, -0.05) is 48.7 Å². The maximum absolute atomic E-state index is 12.7. The number of hydrogen-bond acceptors (Lipinski definition) is 4. The van der Waals surface area contributed by atoms with Gasteiger partial charge in [0.15, 0.2) is 0 Å². The maximum Gasteiger partial charge on any atom is 0.262 e. The lowest BCUT2D eigenvalue weighted by Crippen LogP contribution is -2.48. The highest BCUT2D eigenvalue weighted by Crippen LogP contribution is 2.23. The molecule has 0 aliphatic carbocycles. The van der Waals surface area contributed by atoms with Crippen molar-refractivity contribution >= 4 is 52.8 Å². The minimum absolute atomic E-state index is 0.0388. The first kappa shape index (κ1) is 25.0. The van der Waals surface area contributed by atoms with Crippen LogP contribution in [-0.2, 0) is 4.79 Å². The van der Waals surface area contributed by atoms with Crippen LogP contribution in [-0.4, -0.2) is 30.2 Å². The van der Waals surface area contributed by atoms with Crippen LogP contribution in [0.4, 0.5) is 0 Å². The molecular formula is C22H24Cl3N3O3. The van der Waals surface area contributed by atoms with Crippen LogP contribution < -0.4 is 15.5 Å². The van der Waals surface area contributed by atoms with E-state index in [1.807, 2.05) is 27.7 Å². The van der Waals surface area contributed by atoms with Gasteiger partial charge in [-0.2, -0.15) is 5.10 Å². The first-order chi connectivity index (χ1) is 14.6. The van der Waals surface area contributed by atoms with Crippen LogP contribution in [0, 0.1) is 5.92 Å². The fourth-order valence-corrected chi connectivity index (χ4v) is 3.32. The summed E-state index contributed by atoms with van der Waals surface area (Å²) in [5.41, 5.74) is 3.29. The fourth-order valence-electron chi connectivity index (χ4n) is 2.64. The molecule has 1 unspecified atom stereocenters. The van der Waals surface area contributed by atoms with E-state index in [4.69, 9.17) is 39.5 Å². The third kappa shape index (κ3) is 7.42. The zero-order valence-electron chi connectivity index (χ0n) is 17.6. The van der Waals surface area contributed by atoms with Gasteiger partial charge in [0.1, 0.15) is 11.8 Å². The molecule has 9 heteroatoms. The van der Waals surface area contributed by atoms with E-state index in [1.54, 1.807) is 24.3 Å². The molecule has 166 valence electrons. The van der Waals surface area contributed by atoms with Gasteiger partial charge >= 0.3 is 0 Å². The Morgan fingerprint density at radius 1 is 1.00 bits per heavy atom. The second-order valence-corrected chi connectivity index (χ2v) is 8.68. The molecule has 0 bridgehead atoms. The molecule has 2 aromatic carbocycles. The van der Waals surface area contributed by atoms with Gasteiger partial charge in [-0.25, -0.2) is 5.43 Å². The number of rotatable bonds is 8. The van der Waals surface area contributed by atoms with Crippen molar-refractivity contribution in [3.05, 3.63) is 62.6 Å². The second kappa shape index (κ2) is 11.4. The van der Waals surface area contributed by atoms with Crippen LogP contribution in [0.2, 0.25) is 15.1 Å². The molecule has 2 N–H and O–H groups in total. The molecule has 0 aliphatic heterocycles. The normalized spacial score (nSPS) is 12.3. The van der Waals surface area contributed by atoms with Crippen molar-refractivity contribution in [1.82, 2.24) is 10.7 Å². The predicted molar refractivity (Wildman–Crippen MR) is 126 cm³/mol. The van der Waals surface area contributed by atoms with E-state index in [0.29, 0.717) is 21.4 Å². The molecule has 0 aliphatic rings. The number of ether oxygens (including phenoxy) is 1. The summed E-state index contributed by atoms with van der Waals surface area (Å²) in [6.07, 6.45) is 1.40. The van der Waals surface area contributed by atoms with E-state index in [1.165, 1.54) is 18.3 Å². The fraction of sp³-hybridized carbons (Fsp3) is 0.318. The van der Waals surface area contributed by atoms with Crippen LogP contribution in [0.1, 0.15) is 43.6 Å². The van der Waals surface area contributed by atoms with Gasteiger partial charge in [-0.05, 0) is 56.2 Å². The molecule has 2 amide bonds. The van der Waals surface area contributed by atoms with Gasteiger partial charge in [0.05, 0.1) is 22.9 Å². The summed E-state index contributed by atoms with van der Waals surface area (Å²) < 4.78 is 5.72. The lowest BCUT2D eigenvalue weighted by atomic mass is 10.0. The number of nitrogens with zero attached hydrogens (tertiary/aromatic N) is 1. The lowest BCUT2D eigenvalue weighted by Gasteiger charge is -2.20. The van der Waals surface area contributed by atoms with Gasteiger partial charge in [0, 0.05) is 15.6 Å². The second-order valence-electron chi connectivity index (χ2n) is 7.40. The molecule has 0 aromatic heterocycles. The standard InChI is InChI=1S/C22H24Cl3N3O3/c1-12(2)20(27-21(29)17-7-5-16(24)10-18(17)25)22(30)28-26-11-14-9-15(23)6-8-19(14)31-13(3)4/h5-13,20H,1-4H3,(H,27,29)(H,28,30)/b26-11+. The molecule has 2 aromatic rings. The third-order valence-corrected chi connectivity index (χ3v) is 4.91. The Bertz CT molecular complexity index is 978. The SMILES string of the molecule is CC(C)Oc1ccc(Cl)cc1/C=N/NC(=O)C(NC(=O)c1ccc(Cl)cc1Cl)C(C)C. The largest absolute Gasteiger partial charge is 0.490 e. The molecule has 0 radical (unpaired) electrons. The number of carbonyl (C=O) groups is 2.